The molecule has 3 N–H and O–H groups in total. The first kappa shape index (κ1) is 13.8. The lowest BCUT2D eigenvalue weighted by Crippen LogP contribution is -2.37. The van der Waals surface area contributed by atoms with Crippen LogP contribution in [0, 0.1) is 0 Å². The van der Waals surface area contributed by atoms with Crippen molar-refractivity contribution in [2.24, 2.45) is 5.73 Å². The van der Waals surface area contributed by atoms with E-state index in [0.29, 0.717) is 12.6 Å². The normalized spacial score (nSPS) is 13.9. The number of methoxy groups -OCH3 is 1. The third-order valence-electron chi connectivity index (χ3n) is 2.33. The minimum atomic E-state index is -0.376. The standard InChI is InChI=1S/C10H24N2O2/c1-9(2)12(6-7-14-3)5-4-10(13)8-11/h9-10,13H,4-8,11H2,1-3H3. The molecule has 0 amide bonds. The Balaban J connectivity index is 3.73. The maximum Gasteiger partial charge on any atom is 0.0674 e. The summed E-state index contributed by atoms with van der Waals surface area (Å²) in [6.45, 7) is 7.15. The third kappa shape index (κ3) is 6.32. The van der Waals surface area contributed by atoms with Crippen LogP contribution in [0.4, 0.5) is 0 Å². The first-order chi connectivity index (χ1) is 6.61. The van der Waals surface area contributed by atoms with Crippen molar-refractivity contribution >= 4 is 0 Å². The first-order valence-electron chi connectivity index (χ1n) is 5.23. The van der Waals surface area contributed by atoms with Crippen LogP contribution in [0.1, 0.15) is 20.3 Å². The van der Waals surface area contributed by atoms with Gasteiger partial charge in [-0.2, -0.15) is 0 Å². The van der Waals surface area contributed by atoms with Gasteiger partial charge in [0.15, 0.2) is 0 Å². The van der Waals surface area contributed by atoms with Crippen molar-refractivity contribution in [1.82, 2.24) is 4.90 Å². The molecular weight excluding hydrogens is 180 g/mol. The van der Waals surface area contributed by atoms with E-state index in [0.717, 1.165) is 26.1 Å². The van der Waals surface area contributed by atoms with Crippen LogP contribution in [0.25, 0.3) is 0 Å². The van der Waals surface area contributed by atoms with Gasteiger partial charge in [0.2, 0.25) is 0 Å². The number of aliphatic hydroxyl groups excluding tert-OH is 1. The van der Waals surface area contributed by atoms with Gasteiger partial charge in [0.1, 0.15) is 0 Å². The highest BCUT2D eigenvalue weighted by atomic mass is 16.5. The van der Waals surface area contributed by atoms with E-state index in [1.807, 2.05) is 0 Å². The van der Waals surface area contributed by atoms with Crippen molar-refractivity contribution in [2.75, 3.05) is 33.4 Å². The van der Waals surface area contributed by atoms with Gasteiger partial charge in [0.05, 0.1) is 12.7 Å². The van der Waals surface area contributed by atoms with Gasteiger partial charge in [-0.3, -0.25) is 4.90 Å². The molecule has 0 radical (unpaired) electrons. The Morgan fingerprint density at radius 1 is 1.36 bits per heavy atom. The van der Waals surface area contributed by atoms with E-state index in [2.05, 4.69) is 18.7 Å². The Bertz CT molecular complexity index is 131. The van der Waals surface area contributed by atoms with E-state index in [9.17, 15) is 5.11 Å². The molecule has 1 unspecified atom stereocenters. The van der Waals surface area contributed by atoms with Crippen LogP contribution in [0.3, 0.4) is 0 Å². The molecule has 0 aromatic heterocycles. The van der Waals surface area contributed by atoms with E-state index in [1.165, 1.54) is 0 Å². The molecule has 0 rings (SSSR count). The summed E-state index contributed by atoms with van der Waals surface area (Å²) in [4.78, 5) is 2.28. The zero-order valence-corrected chi connectivity index (χ0v) is 9.57. The smallest absolute Gasteiger partial charge is 0.0674 e. The summed E-state index contributed by atoms with van der Waals surface area (Å²) in [6, 6.07) is 0.482. The summed E-state index contributed by atoms with van der Waals surface area (Å²) >= 11 is 0. The highest BCUT2D eigenvalue weighted by Gasteiger charge is 2.10. The molecular formula is C10H24N2O2. The highest BCUT2D eigenvalue weighted by Crippen LogP contribution is 2.01. The Kier molecular flexibility index (Phi) is 8.08. The molecule has 0 fully saturated rings. The van der Waals surface area contributed by atoms with Crippen LogP contribution in [0.2, 0.25) is 0 Å². The number of hydrogen-bond acceptors (Lipinski definition) is 4. The third-order valence-corrected chi connectivity index (χ3v) is 2.33. The van der Waals surface area contributed by atoms with E-state index >= 15 is 0 Å². The van der Waals surface area contributed by atoms with Gasteiger partial charge in [-0.05, 0) is 20.3 Å². The summed E-state index contributed by atoms with van der Waals surface area (Å²) in [7, 11) is 1.70. The largest absolute Gasteiger partial charge is 0.392 e. The molecule has 0 aromatic rings. The maximum atomic E-state index is 9.33. The summed E-state index contributed by atoms with van der Waals surface area (Å²) in [6.07, 6.45) is 0.358. The monoisotopic (exact) mass is 204 g/mol. The molecule has 1 atom stereocenters. The van der Waals surface area contributed by atoms with Crippen LogP contribution in [-0.4, -0.2) is 55.5 Å². The van der Waals surface area contributed by atoms with Crippen molar-refractivity contribution < 1.29 is 9.84 Å². The van der Waals surface area contributed by atoms with E-state index in [1.54, 1.807) is 7.11 Å². The minimum Gasteiger partial charge on any atom is -0.392 e. The number of nitrogens with two attached hydrogens (primary N) is 1. The average Bonchev–Trinajstić information content (AvgIpc) is 2.16. The summed E-state index contributed by atoms with van der Waals surface area (Å²) < 4.78 is 5.03. The molecule has 0 aromatic carbocycles. The van der Waals surface area contributed by atoms with Gasteiger partial charge in [0, 0.05) is 32.8 Å². The molecule has 0 aliphatic carbocycles. The molecule has 0 heterocycles. The van der Waals surface area contributed by atoms with Crippen LogP contribution < -0.4 is 5.73 Å². The summed E-state index contributed by atoms with van der Waals surface area (Å²) in [5.41, 5.74) is 5.34. The molecule has 0 aliphatic heterocycles. The van der Waals surface area contributed by atoms with E-state index in [4.69, 9.17) is 10.5 Å². The number of rotatable bonds is 8. The molecule has 4 heteroatoms. The molecule has 0 aliphatic rings. The SMILES string of the molecule is COCCN(CCC(O)CN)C(C)C. The van der Waals surface area contributed by atoms with Crippen LogP contribution in [0.5, 0.6) is 0 Å². The molecule has 0 saturated carbocycles. The van der Waals surface area contributed by atoms with Crippen molar-refractivity contribution in [2.45, 2.75) is 32.4 Å². The molecule has 0 spiro atoms. The maximum absolute atomic E-state index is 9.33. The lowest BCUT2D eigenvalue weighted by molar-refractivity contribution is 0.104. The minimum absolute atomic E-state index is 0.343. The number of ether oxygens (including phenoxy) is 1. The van der Waals surface area contributed by atoms with Crippen molar-refractivity contribution in [3.8, 4) is 0 Å². The Labute approximate surface area is 87.0 Å². The van der Waals surface area contributed by atoms with Gasteiger partial charge in [-0.25, -0.2) is 0 Å². The number of aliphatic hydroxyl groups is 1. The lowest BCUT2D eigenvalue weighted by Gasteiger charge is -2.26. The molecule has 0 saturated heterocycles. The van der Waals surface area contributed by atoms with E-state index in [-0.39, 0.29) is 6.10 Å². The van der Waals surface area contributed by atoms with Crippen molar-refractivity contribution in [3.63, 3.8) is 0 Å². The fourth-order valence-electron chi connectivity index (χ4n) is 1.27. The second-order valence-corrected chi connectivity index (χ2v) is 3.80. The Morgan fingerprint density at radius 3 is 2.43 bits per heavy atom. The Hall–Kier alpha value is -0.160. The molecule has 0 bridgehead atoms. The fourth-order valence-corrected chi connectivity index (χ4v) is 1.27. The number of hydrogen-bond donors (Lipinski definition) is 2. The van der Waals surface area contributed by atoms with E-state index < -0.39 is 0 Å². The fraction of sp³-hybridized carbons (Fsp3) is 1.00. The second kappa shape index (κ2) is 8.17. The predicted molar refractivity (Wildman–Crippen MR) is 58.3 cm³/mol. The zero-order chi connectivity index (χ0) is 11.0. The van der Waals surface area contributed by atoms with Gasteiger partial charge < -0.3 is 15.6 Å². The first-order valence-corrected chi connectivity index (χ1v) is 5.23. The second-order valence-electron chi connectivity index (χ2n) is 3.80. The molecule has 14 heavy (non-hydrogen) atoms. The predicted octanol–water partition coefficient (Wildman–Crippen LogP) is 0.0529. The van der Waals surface area contributed by atoms with Crippen molar-refractivity contribution in [3.05, 3.63) is 0 Å². The van der Waals surface area contributed by atoms with Gasteiger partial charge in [0.25, 0.3) is 0 Å². The van der Waals surface area contributed by atoms with Crippen LogP contribution in [-0.2, 0) is 4.74 Å². The molecule has 86 valence electrons. The van der Waals surface area contributed by atoms with Crippen LogP contribution >= 0.6 is 0 Å². The number of nitrogens with zero attached hydrogens (tertiary/aromatic N) is 1. The van der Waals surface area contributed by atoms with Gasteiger partial charge >= 0.3 is 0 Å². The summed E-state index contributed by atoms with van der Waals surface area (Å²) in [5.74, 6) is 0. The average molecular weight is 204 g/mol. The van der Waals surface area contributed by atoms with Crippen LogP contribution in [0.15, 0.2) is 0 Å². The Morgan fingerprint density at radius 2 is 2.00 bits per heavy atom. The zero-order valence-electron chi connectivity index (χ0n) is 9.57. The van der Waals surface area contributed by atoms with Gasteiger partial charge in [-0.1, -0.05) is 0 Å². The summed E-state index contributed by atoms with van der Waals surface area (Å²) in [5, 5.41) is 9.33. The van der Waals surface area contributed by atoms with Crippen molar-refractivity contribution in [1.29, 1.82) is 0 Å². The highest BCUT2D eigenvalue weighted by molar-refractivity contribution is 4.66. The molecule has 4 nitrogen and oxygen atoms in total. The lowest BCUT2D eigenvalue weighted by atomic mass is 10.2. The topological polar surface area (TPSA) is 58.7 Å². The quantitative estimate of drug-likeness (QED) is 0.587. The van der Waals surface area contributed by atoms with Gasteiger partial charge in [-0.15, -0.1) is 0 Å².